The van der Waals surface area contributed by atoms with Gasteiger partial charge in [-0.15, -0.1) is 0 Å². The fourth-order valence-electron chi connectivity index (χ4n) is 3.39. The van der Waals surface area contributed by atoms with Crippen LogP contribution in [0.15, 0.2) is 43.1 Å². The minimum Gasteiger partial charge on any atom is -0.494 e. The van der Waals surface area contributed by atoms with Crippen LogP contribution in [0.3, 0.4) is 0 Å². The van der Waals surface area contributed by atoms with Crippen molar-refractivity contribution >= 4 is 29.1 Å². The van der Waals surface area contributed by atoms with Crippen LogP contribution in [-0.2, 0) is 13.6 Å². The number of rotatable bonds is 10. The molecule has 0 amide bonds. The van der Waals surface area contributed by atoms with E-state index < -0.39 is 5.97 Å². The molecule has 0 saturated heterocycles. The van der Waals surface area contributed by atoms with E-state index in [4.69, 9.17) is 4.74 Å². The normalized spacial score (nSPS) is 10.6. The summed E-state index contributed by atoms with van der Waals surface area (Å²) in [5.74, 6) is 0.664. The van der Waals surface area contributed by atoms with E-state index in [1.807, 2.05) is 30.8 Å². The van der Waals surface area contributed by atoms with Gasteiger partial charge >= 0.3 is 5.97 Å². The first-order valence-electron chi connectivity index (χ1n) is 12.0. The van der Waals surface area contributed by atoms with Crippen LogP contribution < -0.4 is 15.4 Å². The minimum absolute atomic E-state index is 0.0911. The van der Waals surface area contributed by atoms with Crippen LogP contribution >= 0.6 is 0 Å². The number of ether oxygens (including phenoxy) is 1. The first kappa shape index (κ1) is 27.1. The Morgan fingerprint density at radius 2 is 1.95 bits per heavy atom. The highest BCUT2D eigenvalue weighted by Crippen LogP contribution is 2.36. The number of anilines is 4. The number of carbonyl (C=O) groups is 1. The molecule has 0 bridgehead atoms. The molecule has 0 spiro atoms. The summed E-state index contributed by atoms with van der Waals surface area (Å²) >= 11 is 0. The molecular weight excluding hydrogens is 474 g/mol. The van der Waals surface area contributed by atoms with Crippen LogP contribution in [0.25, 0.3) is 11.4 Å². The number of aromatic carboxylic acids is 1. The van der Waals surface area contributed by atoms with E-state index in [0.717, 1.165) is 13.0 Å². The Morgan fingerprint density at radius 3 is 2.59 bits per heavy atom. The van der Waals surface area contributed by atoms with E-state index in [1.54, 1.807) is 36.4 Å². The van der Waals surface area contributed by atoms with Crippen LogP contribution in [0.4, 0.5) is 23.1 Å². The average Bonchev–Trinajstić information content (AvgIpc) is 3.52. The van der Waals surface area contributed by atoms with Gasteiger partial charge in [-0.05, 0) is 24.5 Å². The Kier molecular flexibility index (Phi) is 9.14. The van der Waals surface area contributed by atoms with Crippen LogP contribution in [0.2, 0.25) is 0 Å². The molecule has 0 aliphatic rings. The van der Waals surface area contributed by atoms with Gasteiger partial charge in [-0.25, -0.2) is 14.8 Å². The molecule has 0 saturated carbocycles. The van der Waals surface area contributed by atoms with E-state index in [9.17, 15) is 9.90 Å². The lowest BCUT2D eigenvalue weighted by Gasteiger charge is -2.15. The van der Waals surface area contributed by atoms with Gasteiger partial charge in [-0.3, -0.25) is 9.36 Å². The molecular formula is C25H33N9O3. The molecule has 0 aliphatic heterocycles. The monoisotopic (exact) mass is 507 g/mol. The molecule has 196 valence electrons. The number of hydrogen-bond acceptors (Lipinski definition) is 9. The third-order valence-corrected chi connectivity index (χ3v) is 5.16. The van der Waals surface area contributed by atoms with Crippen molar-refractivity contribution in [2.24, 2.45) is 13.0 Å². The van der Waals surface area contributed by atoms with E-state index in [0.29, 0.717) is 34.4 Å². The smallest absolute Gasteiger partial charge is 0.341 e. The highest BCUT2D eigenvalue weighted by Gasteiger charge is 2.19. The molecule has 12 nitrogen and oxygen atoms in total. The van der Waals surface area contributed by atoms with Crippen LogP contribution in [0.1, 0.15) is 44.5 Å². The quantitative estimate of drug-likeness (QED) is 0.275. The van der Waals surface area contributed by atoms with Crippen molar-refractivity contribution in [3.8, 4) is 17.1 Å². The van der Waals surface area contributed by atoms with Gasteiger partial charge < -0.3 is 20.5 Å². The highest BCUT2D eigenvalue weighted by molar-refractivity contribution is 5.94. The summed E-state index contributed by atoms with van der Waals surface area (Å²) in [7, 11) is 3.29. The van der Waals surface area contributed by atoms with E-state index in [1.165, 1.54) is 13.3 Å². The Bertz CT molecular complexity index is 1330. The van der Waals surface area contributed by atoms with Crippen molar-refractivity contribution in [3.63, 3.8) is 0 Å². The number of nitrogens with zero attached hydrogens (tertiary/aromatic N) is 7. The molecule has 0 aliphatic carbocycles. The molecule has 3 aromatic heterocycles. The first-order chi connectivity index (χ1) is 17.8. The van der Waals surface area contributed by atoms with Gasteiger partial charge in [0.2, 0.25) is 5.95 Å². The number of para-hydroxylation sites is 1. The first-order valence-corrected chi connectivity index (χ1v) is 12.0. The Morgan fingerprint density at radius 1 is 1.16 bits per heavy atom. The Balaban J connectivity index is 0.00000186. The predicted octanol–water partition coefficient (Wildman–Crippen LogP) is 4.73. The van der Waals surface area contributed by atoms with Crippen LogP contribution in [-0.4, -0.2) is 52.7 Å². The van der Waals surface area contributed by atoms with Crippen molar-refractivity contribution in [1.82, 2.24) is 34.5 Å². The molecule has 12 heteroatoms. The van der Waals surface area contributed by atoms with Crippen molar-refractivity contribution in [1.29, 1.82) is 0 Å². The molecule has 4 rings (SSSR count). The fraction of sp³-hybridized carbons (Fsp3) is 0.360. The number of hydrogen-bond donors (Lipinski definition) is 3. The van der Waals surface area contributed by atoms with Gasteiger partial charge in [0, 0.05) is 26.0 Å². The van der Waals surface area contributed by atoms with Gasteiger partial charge in [0.15, 0.2) is 17.4 Å². The predicted molar refractivity (Wildman–Crippen MR) is 142 cm³/mol. The minimum atomic E-state index is -1.16. The lowest BCUT2D eigenvalue weighted by atomic mass is 10.1. The summed E-state index contributed by atoms with van der Waals surface area (Å²) in [4.78, 5) is 24.7. The number of aromatic nitrogens is 7. The number of carboxylic acids is 1. The largest absolute Gasteiger partial charge is 0.494 e. The van der Waals surface area contributed by atoms with Gasteiger partial charge in [0.1, 0.15) is 11.9 Å². The Hall–Kier alpha value is -4.48. The SMILES string of the molecule is CC.COc1c(Nc2nc(Nc3cnn(CCC(C)C)c3)ncc2C(=O)O)cccc1-c1ncn(C)n1. The number of aryl methyl sites for hydroxylation is 2. The topological polar surface area (TPSA) is 145 Å². The van der Waals surface area contributed by atoms with Crippen molar-refractivity contribution in [2.45, 2.75) is 40.7 Å². The second-order valence-electron chi connectivity index (χ2n) is 8.31. The average molecular weight is 508 g/mol. The summed E-state index contributed by atoms with van der Waals surface area (Å²) < 4.78 is 9.04. The molecule has 0 fully saturated rings. The Labute approximate surface area is 215 Å². The zero-order chi connectivity index (χ0) is 26.9. The summed E-state index contributed by atoms with van der Waals surface area (Å²) in [5, 5.41) is 24.5. The summed E-state index contributed by atoms with van der Waals surface area (Å²) in [5.41, 5.74) is 1.76. The molecule has 0 atom stereocenters. The van der Waals surface area contributed by atoms with Crippen LogP contribution in [0, 0.1) is 5.92 Å². The maximum Gasteiger partial charge on any atom is 0.341 e. The lowest BCUT2D eigenvalue weighted by Crippen LogP contribution is -2.09. The molecule has 0 radical (unpaired) electrons. The third kappa shape index (κ3) is 6.81. The standard InChI is InChI=1S/C23H27N9O3.C2H6/c1-14(2)8-9-32-12-15(10-26-32)27-23-24-11-17(22(33)34)21(29-23)28-18-7-5-6-16(19(18)35-4)20-25-13-31(3)30-20;1-2/h5-7,10-14H,8-9H2,1-4H3,(H,33,34)(H2,24,27,28,29);1-2H3. The number of nitrogens with one attached hydrogen (secondary N) is 2. The molecule has 4 aromatic rings. The summed E-state index contributed by atoms with van der Waals surface area (Å²) in [6.45, 7) is 9.12. The van der Waals surface area contributed by atoms with E-state index >= 15 is 0 Å². The van der Waals surface area contributed by atoms with Crippen molar-refractivity contribution in [3.05, 3.63) is 48.7 Å². The maximum absolute atomic E-state index is 11.8. The zero-order valence-electron chi connectivity index (χ0n) is 21.9. The second-order valence-corrected chi connectivity index (χ2v) is 8.31. The third-order valence-electron chi connectivity index (χ3n) is 5.16. The number of carboxylic acid groups (broad SMARTS) is 1. The molecule has 1 aromatic carbocycles. The molecule has 3 heterocycles. The molecule has 3 N–H and O–H groups in total. The van der Waals surface area contributed by atoms with E-state index in [-0.39, 0.29) is 17.3 Å². The second kappa shape index (κ2) is 12.5. The summed E-state index contributed by atoms with van der Waals surface area (Å²) in [6.07, 6.45) is 7.38. The summed E-state index contributed by atoms with van der Waals surface area (Å²) in [6, 6.07) is 5.37. The lowest BCUT2D eigenvalue weighted by molar-refractivity contribution is 0.0697. The van der Waals surface area contributed by atoms with Gasteiger partial charge in [0.25, 0.3) is 0 Å². The van der Waals surface area contributed by atoms with Crippen molar-refractivity contribution in [2.75, 3.05) is 17.7 Å². The fourth-order valence-corrected chi connectivity index (χ4v) is 3.39. The van der Waals surface area contributed by atoms with Crippen molar-refractivity contribution < 1.29 is 14.6 Å². The van der Waals surface area contributed by atoms with Crippen LogP contribution in [0.5, 0.6) is 5.75 Å². The highest BCUT2D eigenvalue weighted by atomic mass is 16.5. The molecule has 37 heavy (non-hydrogen) atoms. The van der Waals surface area contributed by atoms with Gasteiger partial charge in [0.05, 0.1) is 30.2 Å². The van der Waals surface area contributed by atoms with E-state index in [2.05, 4.69) is 49.6 Å². The van der Waals surface area contributed by atoms with Gasteiger partial charge in [-0.2, -0.15) is 15.2 Å². The maximum atomic E-state index is 11.8. The zero-order valence-corrected chi connectivity index (χ0v) is 21.9. The number of benzene rings is 1. The molecule has 0 unspecified atom stereocenters. The number of methoxy groups -OCH3 is 1. The van der Waals surface area contributed by atoms with Gasteiger partial charge in [-0.1, -0.05) is 33.8 Å².